The zero-order chi connectivity index (χ0) is 12.1. The molecule has 0 aromatic heterocycles. The van der Waals surface area contributed by atoms with Crippen LogP contribution < -0.4 is 5.73 Å². The minimum absolute atomic E-state index is 0.371. The smallest absolute Gasteiger partial charge is 0.339 e. The Morgan fingerprint density at radius 3 is 2.69 bits per heavy atom. The summed E-state index contributed by atoms with van der Waals surface area (Å²) in [4.78, 5) is 11.4. The van der Waals surface area contributed by atoms with Crippen LogP contribution in [0.2, 0.25) is 0 Å². The second-order valence-corrected chi connectivity index (χ2v) is 4.35. The quantitative estimate of drug-likeness (QED) is 0.628. The molecule has 0 saturated heterocycles. The van der Waals surface area contributed by atoms with Crippen molar-refractivity contribution in [3.8, 4) is 0 Å². The van der Waals surface area contributed by atoms with Crippen LogP contribution in [0.25, 0.3) is 0 Å². The summed E-state index contributed by atoms with van der Waals surface area (Å²) in [6, 6.07) is 5.55. The Balaban J connectivity index is 2.85. The van der Waals surface area contributed by atoms with E-state index in [0.717, 1.165) is 18.4 Å². The Morgan fingerprint density at radius 2 is 2.12 bits per heavy atom. The van der Waals surface area contributed by atoms with Crippen LogP contribution in [0.5, 0.6) is 0 Å². The van der Waals surface area contributed by atoms with Crippen LogP contribution in [-0.2, 0) is 11.2 Å². The average Bonchev–Trinajstić information content (AvgIpc) is 2.27. The number of hydrogen-bond acceptors (Lipinski definition) is 3. The van der Waals surface area contributed by atoms with Crippen molar-refractivity contribution in [2.24, 2.45) is 5.92 Å². The zero-order valence-electron chi connectivity index (χ0n) is 10.1. The Kier molecular flexibility index (Phi) is 4.35. The van der Waals surface area contributed by atoms with Crippen LogP contribution in [0, 0.1) is 5.92 Å². The summed E-state index contributed by atoms with van der Waals surface area (Å²) in [5.74, 6) is 0.281. The molecule has 0 unspecified atom stereocenters. The predicted octanol–water partition coefficient (Wildman–Crippen LogP) is 2.64. The lowest BCUT2D eigenvalue weighted by Crippen LogP contribution is -2.06. The maximum Gasteiger partial charge on any atom is 0.339 e. The second-order valence-electron chi connectivity index (χ2n) is 4.35. The van der Waals surface area contributed by atoms with Gasteiger partial charge in [0.25, 0.3) is 0 Å². The number of rotatable bonds is 4. The SMILES string of the molecule is COC(=O)c1cc(CCC(C)C)ccc1N. The van der Waals surface area contributed by atoms with Crippen LogP contribution in [0.1, 0.15) is 36.2 Å². The highest BCUT2D eigenvalue weighted by Gasteiger charge is 2.10. The van der Waals surface area contributed by atoms with Gasteiger partial charge >= 0.3 is 5.97 Å². The van der Waals surface area contributed by atoms with Crippen LogP contribution in [0.3, 0.4) is 0 Å². The number of methoxy groups -OCH3 is 1. The number of nitrogens with two attached hydrogens (primary N) is 1. The molecule has 2 N–H and O–H groups in total. The molecule has 0 radical (unpaired) electrons. The number of ether oxygens (including phenoxy) is 1. The highest BCUT2D eigenvalue weighted by Crippen LogP contribution is 2.17. The molecule has 0 aliphatic heterocycles. The predicted molar refractivity (Wildman–Crippen MR) is 65.4 cm³/mol. The number of carbonyl (C=O) groups excluding carboxylic acids is 1. The van der Waals surface area contributed by atoms with Crippen molar-refractivity contribution < 1.29 is 9.53 Å². The molecule has 3 nitrogen and oxygen atoms in total. The molecule has 16 heavy (non-hydrogen) atoms. The number of hydrogen-bond donors (Lipinski definition) is 1. The normalized spacial score (nSPS) is 10.5. The van der Waals surface area contributed by atoms with E-state index in [-0.39, 0.29) is 5.97 Å². The molecule has 0 spiro atoms. The van der Waals surface area contributed by atoms with Crippen molar-refractivity contribution in [1.82, 2.24) is 0 Å². The van der Waals surface area contributed by atoms with Gasteiger partial charge in [0.2, 0.25) is 0 Å². The number of carbonyl (C=O) groups is 1. The van der Waals surface area contributed by atoms with Gasteiger partial charge in [-0.2, -0.15) is 0 Å². The lowest BCUT2D eigenvalue weighted by atomic mass is 10.0. The fourth-order valence-corrected chi connectivity index (χ4v) is 1.50. The van der Waals surface area contributed by atoms with Gasteiger partial charge in [-0.05, 0) is 36.5 Å². The minimum atomic E-state index is -0.371. The van der Waals surface area contributed by atoms with Gasteiger partial charge in [0.1, 0.15) is 0 Å². The second kappa shape index (κ2) is 5.54. The van der Waals surface area contributed by atoms with Crippen molar-refractivity contribution in [3.05, 3.63) is 29.3 Å². The first-order chi connectivity index (χ1) is 7.54. The van der Waals surface area contributed by atoms with E-state index in [9.17, 15) is 4.79 Å². The summed E-state index contributed by atoms with van der Waals surface area (Å²) in [5, 5.41) is 0. The van der Waals surface area contributed by atoms with E-state index >= 15 is 0 Å². The highest BCUT2D eigenvalue weighted by molar-refractivity contribution is 5.95. The monoisotopic (exact) mass is 221 g/mol. The third kappa shape index (κ3) is 3.26. The van der Waals surface area contributed by atoms with E-state index in [1.165, 1.54) is 7.11 Å². The molecule has 0 amide bonds. The Bertz CT molecular complexity index is 372. The molecule has 0 bridgehead atoms. The van der Waals surface area contributed by atoms with Gasteiger partial charge in [-0.15, -0.1) is 0 Å². The van der Waals surface area contributed by atoms with Crippen molar-refractivity contribution in [2.45, 2.75) is 26.7 Å². The van der Waals surface area contributed by atoms with Gasteiger partial charge in [0.05, 0.1) is 12.7 Å². The topological polar surface area (TPSA) is 52.3 Å². The summed E-state index contributed by atoms with van der Waals surface area (Å²) in [7, 11) is 1.36. The molecular weight excluding hydrogens is 202 g/mol. The Morgan fingerprint density at radius 1 is 1.44 bits per heavy atom. The van der Waals surface area contributed by atoms with E-state index < -0.39 is 0 Å². The summed E-state index contributed by atoms with van der Waals surface area (Å²) in [6.45, 7) is 4.36. The van der Waals surface area contributed by atoms with E-state index in [2.05, 4.69) is 18.6 Å². The minimum Gasteiger partial charge on any atom is -0.465 e. The maximum absolute atomic E-state index is 11.4. The first-order valence-corrected chi connectivity index (χ1v) is 5.51. The van der Waals surface area contributed by atoms with E-state index in [1.807, 2.05) is 12.1 Å². The first-order valence-electron chi connectivity index (χ1n) is 5.51. The van der Waals surface area contributed by atoms with Gasteiger partial charge in [-0.25, -0.2) is 4.79 Å². The lowest BCUT2D eigenvalue weighted by Gasteiger charge is -2.08. The summed E-state index contributed by atoms with van der Waals surface area (Å²) < 4.78 is 4.68. The average molecular weight is 221 g/mol. The molecule has 1 rings (SSSR count). The van der Waals surface area contributed by atoms with E-state index in [0.29, 0.717) is 17.2 Å². The maximum atomic E-state index is 11.4. The van der Waals surface area contributed by atoms with Crippen molar-refractivity contribution >= 4 is 11.7 Å². The fraction of sp³-hybridized carbons (Fsp3) is 0.462. The molecule has 1 aromatic carbocycles. The zero-order valence-corrected chi connectivity index (χ0v) is 10.1. The third-order valence-corrected chi connectivity index (χ3v) is 2.53. The Labute approximate surface area is 96.6 Å². The van der Waals surface area contributed by atoms with E-state index in [4.69, 9.17) is 5.73 Å². The number of nitrogen functional groups attached to an aromatic ring is 1. The number of benzene rings is 1. The molecule has 3 heteroatoms. The molecule has 0 fully saturated rings. The first kappa shape index (κ1) is 12.6. The molecular formula is C13H19NO2. The third-order valence-electron chi connectivity index (χ3n) is 2.53. The van der Waals surface area contributed by atoms with Gasteiger partial charge in [0, 0.05) is 5.69 Å². The molecule has 0 aliphatic carbocycles. The standard InChI is InChI=1S/C13H19NO2/c1-9(2)4-5-10-6-7-12(14)11(8-10)13(15)16-3/h6-9H,4-5,14H2,1-3H3. The Hall–Kier alpha value is -1.51. The van der Waals surface area contributed by atoms with Crippen LogP contribution in [0.15, 0.2) is 18.2 Å². The van der Waals surface area contributed by atoms with Crippen LogP contribution >= 0.6 is 0 Å². The van der Waals surface area contributed by atoms with Crippen LogP contribution in [-0.4, -0.2) is 13.1 Å². The van der Waals surface area contributed by atoms with Gasteiger partial charge in [0.15, 0.2) is 0 Å². The molecule has 0 heterocycles. The molecule has 1 aromatic rings. The lowest BCUT2D eigenvalue weighted by molar-refractivity contribution is 0.0602. The number of esters is 1. The van der Waals surface area contributed by atoms with E-state index in [1.54, 1.807) is 6.07 Å². The molecule has 88 valence electrons. The van der Waals surface area contributed by atoms with Crippen LogP contribution in [0.4, 0.5) is 5.69 Å². The highest BCUT2D eigenvalue weighted by atomic mass is 16.5. The molecule has 0 aliphatic rings. The summed E-state index contributed by atoms with van der Waals surface area (Å²) in [5.41, 5.74) is 7.78. The van der Waals surface area contributed by atoms with Crippen molar-refractivity contribution in [2.75, 3.05) is 12.8 Å². The largest absolute Gasteiger partial charge is 0.465 e. The fourth-order valence-electron chi connectivity index (χ4n) is 1.50. The number of anilines is 1. The number of aryl methyl sites for hydroxylation is 1. The van der Waals surface area contributed by atoms with Gasteiger partial charge < -0.3 is 10.5 Å². The van der Waals surface area contributed by atoms with Gasteiger partial charge in [-0.3, -0.25) is 0 Å². The summed E-state index contributed by atoms with van der Waals surface area (Å²) >= 11 is 0. The molecule has 0 saturated carbocycles. The molecule has 0 atom stereocenters. The van der Waals surface area contributed by atoms with Crippen molar-refractivity contribution in [3.63, 3.8) is 0 Å². The van der Waals surface area contributed by atoms with Crippen molar-refractivity contribution in [1.29, 1.82) is 0 Å². The summed E-state index contributed by atoms with van der Waals surface area (Å²) in [6.07, 6.45) is 2.06. The van der Waals surface area contributed by atoms with Gasteiger partial charge in [-0.1, -0.05) is 19.9 Å².